The number of thiophene rings is 1. The van der Waals surface area contributed by atoms with Crippen LogP contribution in [0.4, 0.5) is 0 Å². The average Bonchev–Trinajstić information content (AvgIpc) is 3.23. The Hall–Kier alpha value is -3.18. The van der Waals surface area contributed by atoms with Gasteiger partial charge in [0, 0.05) is 5.56 Å². The number of ether oxygens (including phenoxy) is 2. The predicted octanol–water partition coefficient (Wildman–Crippen LogP) is 5.26. The largest absolute Gasteiger partial charge is 0.494 e. The van der Waals surface area contributed by atoms with E-state index in [4.69, 9.17) is 9.47 Å². The van der Waals surface area contributed by atoms with Crippen LogP contribution in [-0.4, -0.2) is 18.4 Å². The average molecular weight is 378 g/mol. The second-order valence-corrected chi connectivity index (χ2v) is 6.54. The molecule has 5 heteroatoms. The van der Waals surface area contributed by atoms with Gasteiger partial charge in [0.1, 0.15) is 16.4 Å². The molecule has 0 radical (unpaired) electrons. The van der Waals surface area contributed by atoms with Gasteiger partial charge in [-0.05, 0) is 66.4 Å². The van der Waals surface area contributed by atoms with Crippen molar-refractivity contribution in [2.24, 2.45) is 0 Å². The first-order chi connectivity index (χ1) is 13.2. The van der Waals surface area contributed by atoms with Gasteiger partial charge in [-0.1, -0.05) is 24.3 Å². The van der Waals surface area contributed by atoms with Gasteiger partial charge in [0.25, 0.3) is 0 Å². The van der Waals surface area contributed by atoms with Gasteiger partial charge in [0.15, 0.2) is 5.78 Å². The summed E-state index contributed by atoms with van der Waals surface area (Å²) in [6, 6.07) is 17.5. The number of allylic oxidation sites excluding steroid dienone is 1. The summed E-state index contributed by atoms with van der Waals surface area (Å²) in [6.07, 6.45) is 3.27. The maximum absolute atomic E-state index is 12.3. The fraction of sp³-hybridized carbons (Fsp3) is 0.0909. The molecule has 3 rings (SSSR count). The molecular weight excluding hydrogens is 360 g/mol. The van der Waals surface area contributed by atoms with Crippen LogP contribution >= 0.6 is 11.3 Å². The van der Waals surface area contributed by atoms with Crippen molar-refractivity contribution in [2.45, 2.75) is 6.92 Å². The molecule has 0 bridgehead atoms. The van der Waals surface area contributed by atoms with E-state index in [-0.39, 0.29) is 5.78 Å². The predicted molar refractivity (Wildman–Crippen MR) is 107 cm³/mol. The molecule has 0 fully saturated rings. The molecule has 0 aliphatic rings. The number of ketones is 1. The standard InChI is InChI=1S/C22H18O4S/c1-2-25-18-10-5-16(6-11-18)7-14-20(23)17-8-12-19(13-9-17)26-22(24)21-4-3-15-27-21/h3-15H,2H2,1H3/b14-7+. The summed E-state index contributed by atoms with van der Waals surface area (Å²) in [6.45, 7) is 2.55. The first-order valence-corrected chi connectivity index (χ1v) is 9.34. The molecule has 3 aromatic rings. The zero-order chi connectivity index (χ0) is 19.1. The second kappa shape index (κ2) is 8.96. The molecule has 0 N–H and O–H groups in total. The molecule has 0 aliphatic heterocycles. The van der Waals surface area contributed by atoms with Crippen molar-refractivity contribution in [3.05, 3.63) is 88.1 Å². The summed E-state index contributed by atoms with van der Waals surface area (Å²) in [4.78, 5) is 24.7. The Labute approximate surface area is 161 Å². The van der Waals surface area contributed by atoms with E-state index < -0.39 is 5.97 Å². The summed E-state index contributed by atoms with van der Waals surface area (Å²) in [5.41, 5.74) is 1.43. The lowest BCUT2D eigenvalue weighted by Gasteiger charge is -2.03. The first-order valence-electron chi connectivity index (χ1n) is 8.46. The highest BCUT2D eigenvalue weighted by Gasteiger charge is 2.10. The minimum Gasteiger partial charge on any atom is -0.494 e. The van der Waals surface area contributed by atoms with E-state index in [1.165, 1.54) is 17.4 Å². The van der Waals surface area contributed by atoms with Crippen molar-refractivity contribution in [1.29, 1.82) is 0 Å². The van der Waals surface area contributed by atoms with Crippen molar-refractivity contribution in [1.82, 2.24) is 0 Å². The molecule has 0 spiro atoms. The van der Waals surface area contributed by atoms with Gasteiger partial charge >= 0.3 is 5.97 Å². The van der Waals surface area contributed by atoms with E-state index in [9.17, 15) is 9.59 Å². The van der Waals surface area contributed by atoms with Crippen LogP contribution in [0, 0.1) is 0 Å². The first kappa shape index (κ1) is 18.6. The maximum Gasteiger partial charge on any atom is 0.353 e. The third kappa shape index (κ3) is 5.15. The maximum atomic E-state index is 12.3. The van der Waals surface area contributed by atoms with E-state index >= 15 is 0 Å². The molecule has 1 heterocycles. The van der Waals surface area contributed by atoms with Crippen LogP contribution in [0.1, 0.15) is 32.5 Å². The molecule has 0 amide bonds. The molecule has 136 valence electrons. The van der Waals surface area contributed by atoms with Gasteiger partial charge < -0.3 is 9.47 Å². The fourth-order valence-electron chi connectivity index (χ4n) is 2.35. The van der Waals surface area contributed by atoms with E-state index in [2.05, 4.69) is 0 Å². The molecule has 0 unspecified atom stereocenters. The van der Waals surface area contributed by atoms with Gasteiger partial charge in [0.05, 0.1) is 6.61 Å². The normalized spacial score (nSPS) is 10.7. The molecule has 27 heavy (non-hydrogen) atoms. The van der Waals surface area contributed by atoms with Crippen molar-refractivity contribution in [2.75, 3.05) is 6.61 Å². The Kier molecular flexibility index (Phi) is 6.18. The van der Waals surface area contributed by atoms with Crippen molar-refractivity contribution >= 4 is 29.2 Å². The number of benzene rings is 2. The SMILES string of the molecule is CCOc1ccc(/C=C/C(=O)c2ccc(OC(=O)c3cccs3)cc2)cc1. The Morgan fingerprint density at radius 1 is 0.963 bits per heavy atom. The van der Waals surface area contributed by atoms with Gasteiger partial charge in [-0.15, -0.1) is 11.3 Å². The fourth-order valence-corrected chi connectivity index (χ4v) is 2.95. The number of hydrogen-bond acceptors (Lipinski definition) is 5. The van der Waals surface area contributed by atoms with E-state index in [0.717, 1.165) is 11.3 Å². The molecule has 0 atom stereocenters. The Morgan fingerprint density at radius 2 is 1.67 bits per heavy atom. The van der Waals surface area contributed by atoms with Crippen LogP contribution in [0.3, 0.4) is 0 Å². The van der Waals surface area contributed by atoms with E-state index in [1.54, 1.807) is 42.5 Å². The lowest BCUT2D eigenvalue weighted by molar-refractivity contribution is 0.0740. The van der Waals surface area contributed by atoms with Crippen LogP contribution in [0.15, 0.2) is 72.1 Å². The van der Waals surface area contributed by atoms with Gasteiger partial charge in [-0.3, -0.25) is 4.79 Å². The molecular formula is C22H18O4S. The van der Waals surface area contributed by atoms with E-state index in [1.807, 2.05) is 36.6 Å². The van der Waals surface area contributed by atoms with Crippen LogP contribution in [0.5, 0.6) is 11.5 Å². The Morgan fingerprint density at radius 3 is 2.30 bits per heavy atom. The highest BCUT2D eigenvalue weighted by molar-refractivity contribution is 7.12. The number of rotatable bonds is 7. The van der Waals surface area contributed by atoms with Crippen molar-refractivity contribution < 1.29 is 19.1 Å². The number of hydrogen-bond donors (Lipinski definition) is 0. The summed E-state index contributed by atoms with van der Waals surface area (Å²) >= 11 is 1.32. The zero-order valence-corrected chi connectivity index (χ0v) is 15.6. The smallest absolute Gasteiger partial charge is 0.353 e. The second-order valence-electron chi connectivity index (χ2n) is 5.59. The zero-order valence-electron chi connectivity index (χ0n) is 14.8. The van der Waals surface area contributed by atoms with Crippen molar-refractivity contribution in [3.63, 3.8) is 0 Å². The molecule has 0 aliphatic carbocycles. The van der Waals surface area contributed by atoms with Crippen LogP contribution < -0.4 is 9.47 Å². The lowest BCUT2D eigenvalue weighted by Crippen LogP contribution is -2.06. The van der Waals surface area contributed by atoms with Gasteiger partial charge in [-0.25, -0.2) is 4.79 Å². The number of carbonyl (C=O) groups is 2. The van der Waals surface area contributed by atoms with Gasteiger partial charge in [-0.2, -0.15) is 0 Å². The van der Waals surface area contributed by atoms with Crippen LogP contribution in [-0.2, 0) is 0 Å². The lowest BCUT2D eigenvalue weighted by atomic mass is 10.1. The third-order valence-corrected chi connectivity index (χ3v) is 4.54. The van der Waals surface area contributed by atoms with Gasteiger partial charge in [0.2, 0.25) is 0 Å². The molecule has 2 aromatic carbocycles. The summed E-state index contributed by atoms with van der Waals surface area (Å²) < 4.78 is 10.7. The Bertz CT molecular complexity index is 923. The molecule has 0 saturated heterocycles. The van der Waals surface area contributed by atoms with E-state index in [0.29, 0.717) is 22.8 Å². The quantitative estimate of drug-likeness (QED) is 0.243. The molecule has 4 nitrogen and oxygen atoms in total. The highest BCUT2D eigenvalue weighted by Crippen LogP contribution is 2.18. The monoisotopic (exact) mass is 378 g/mol. The third-order valence-electron chi connectivity index (χ3n) is 3.69. The highest BCUT2D eigenvalue weighted by atomic mass is 32.1. The number of carbonyl (C=O) groups excluding carboxylic acids is 2. The topological polar surface area (TPSA) is 52.6 Å². The van der Waals surface area contributed by atoms with Crippen LogP contribution in [0.25, 0.3) is 6.08 Å². The Balaban J connectivity index is 1.60. The molecule has 0 saturated carbocycles. The van der Waals surface area contributed by atoms with Crippen LogP contribution in [0.2, 0.25) is 0 Å². The minimum atomic E-state index is -0.403. The summed E-state index contributed by atoms with van der Waals surface area (Å²) in [7, 11) is 0. The summed E-state index contributed by atoms with van der Waals surface area (Å²) in [5.74, 6) is 0.675. The summed E-state index contributed by atoms with van der Waals surface area (Å²) in [5, 5.41) is 1.81. The minimum absolute atomic E-state index is 0.125. The molecule has 1 aromatic heterocycles. The van der Waals surface area contributed by atoms with Crippen molar-refractivity contribution in [3.8, 4) is 11.5 Å². The number of esters is 1.